The molecule has 2 atom stereocenters. The van der Waals surface area contributed by atoms with Crippen LogP contribution < -0.4 is 10.5 Å². The van der Waals surface area contributed by atoms with Gasteiger partial charge in [0.15, 0.2) is 0 Å². The number of hydrogen-bond acceptors (Lipinski definition) is 6. The fourth-order valence-electron chi connectivity index (χ4n) is 3.85. The highest BCUT2D eigenvalue weighted by atomic mass is 35.5. The molecule has 0 bridgehead atoms. The summed E-state index contributed by atoms with van der Waals surface area (Å²) in [6.07, 6.45) is 1.12. The number of rotatable bonds is 5. The molecule has 1 aliphatic rings. The van der Waals surface area contributed by atoms with Gasteiger partial charge in [-0.2, -0.15) is 4.98 Å². The molecule has 30 heavy (non-hydrogen) atoms. The molecule has 0 radical (unpaired) electrons. The molecule has 1 amide bonds. The molecule has 0 spiro atoms. The van der Waals surface area contributed by atoms with Crippen LogP contribution in [0.15, 0.2) is 53.1 Å². The van der Waals surface area contributed by atoms with Crippen molar-refractivity contribution in [2.24, 2.45) is 5.73 Å². The second kappa shape index (κ2) is 9.28. The number of likely N-dealkylation sites (N-methyl/N-ethyl adjacent to an activating group) is 1. The third-order valence-electron chi connectivity index (χ3n) is 5.53. The van der Waals surface area contributed by atoms with Crippen molar-refractivity contribution in [1.82, 2.24) is 15.0 Å². The van der Waals surface area contributed by atoms with Crippen LogP contribution in [0.2, 0.25) is 0 Å². The molecular weight excluding hydrogens is 404 g/mol. The van der Waals surface area contributed by atoms with Crippen molar-refractivity contribution in [2.45, 2.75) is 31.3 Å². The first-order valence-corrected chi connectivity index (χ1v) is 9.63. The summed E-state index contributed by atoms with van der Waals surface area (Å²) in [5, 5.41) is 4.18. The molecule has 2 unspecified atom stereocenters. The Bertz CT molecular complexity index is 988. The quantitative estimate of drug-likeness (QED) is 0.665. The molecule has 2 aromatic carbocycles. The van der Waals surface area contributed by atoms with Gasteiger partial charge in [-0.05, 0) is 29.7 Å². The largest absolute Gasteiger partial charge is 0.497 e. The van der Waals surface area contributed by atoms with Crippen LogP contribution in [0.1, 0.15) is 41.8 Å². The van der Waals surface area contributed by atoms with Crippen LogP contribution in [0.3, 0.4) is 0 Å². The number of carbonyl (C=O) groups is 1. The molecule has 1 fully saturated rings. The standard InChI is InChI=1S/C22H24N4O3.ClH/c1-26-19(27)12-11-18(20(26)15-7-9-17(28-2)10-8-15)22-24-21(25-29-22)16-5-3-14(13-23)4-6-16;/h3-10,18,20H,11-13,23H2,1-2H3;1H. The van der Waals surface area contributed by atoms with Gasteiger partial charge in [0.05, 0.1) is 19.1 Å². The van der Waals surface area contributed by atoms with Crippen molar-refractivity contribution < 1.29 is 14.1 Å². The van der Waals surface area contributed by atoms with E-state index in [2.05, 4.69) is 10.1 Å². The van der Waals surface area contributed by atoms with Crippen LogP contribution in [0.25, 0.3) is 11.4 Å². The number of hydrogen-bond donors (Lipinski definition) is 1. The van der Waals surface area contributed by atoms with Crippen molar-refractivity contribution >= 4 is 18.3 Å². The van der Waals surface area contributed by atoms with E-state index in [1.54, 1.807) is 12.0 Å². The molecule has 2 N–H and O–H groups in total. The van der Waals surface area contributed by atoms with Gasteiger partial charge in [0, 0.05) is 25.6 Å². The number of aromatic nitrogens is 2. The van der Waals surface area contributed by atoms with Gasteiger partial charge < -0.3 is 19.9 Å². The summed E-state index contributed by atoms with van der Waals surface area (Å²) in [6, 6.07) is 15.4. The second-order valence-electron chi connectivity index (χ2n) is 7.23. The summed E-state index contributed by atoms with van der Waals surface area (Å²) >= 11 is 0. The predicted molar refractivity (Wildman–Crippen MR) is 115 cm³/mol. The highest BCUT2D eigenvalue weighted by molar-refractivity contribution is 5.85. The minimum Gasteiger partial charge on any atom is -0.497 e. The van der Waals surface area contributed by atoms with Crippen molar-refractivity contribution in [1.29, 1.82) is 0 Å². The summed E-state index contributed by atoms with van der Waals surface area (Å²) < 4.78 is 10.9. The van der Waals surface area contributed by atoms with E-state index in [0.717, 1.165) is 22.4 Å². The molecular formula is C22H25ClN4O3. The van der Waals surface area contributed by atoms with Crippen LogP contribution in [0.4, 0.5) is 0 Å². The number of halogens is 1. The number of ether oxygens (including phenoxy) is 1. The second-order valence-corrected chi connectivity index (χ2v) is 7.23. The lowest BCUT2D eigenvalue weighted by atomic mass is 9.84. The molecule has 1 aromatic heterocycles. The van der Waals surface area contributed by atoms with E-state index in [1.165, 1.54) is 0 Å². The monoisotopic (exact) mass is 428 g/mol. The lowest BCUT2D eigenvalue weighted by Gasteiger charge is -2.37. The maximum Gasteiger partial charge on any atom is 0.232 e. The molecule has 158 valence electrons. The SMILES string of the molecule is COc1ccc(C2C(c3nc(-c4ccc(CN)cc4)no3)CCC(=O)N2C)cc1.Cl. The van der Waals surface area contributed by atoms with Crippen LogP contribution >= 0.6 is 12.4 Å². The van der Waals surface area contributed by atoms with E-state index in [4.69, 9.17) is 15.0 Å². The van der Waals surface area contributed by atoms with E-state index in [-0.39, 0.29) is 30.3 Å². The highest BCUT2D eigenvalue weighted by Crippen LogP contribution is 2.42. The predicted octanol–water partition coefficient (Wildman–Crippen LogP) is 3.70. The fourth-order valence-corrected chi connectivity index (χ4v) is 3.85. The first-order valence-electron chi connectivity index (χ1n) is 9.63. The Hall–Kier alpha value is -2.90. The molecule has 7 nitrogen and oxygen atoms in total. The molecule has 1 saturated heterocycles. The van der Waals surface area contributed by atoms with E-state index in [9.17, 15) is 4.79 Å². The van der Waals surface area contributed by atoms with Gasteiger partial charge >= 0.3 is 0 Å². The van der Waals surface area contributed by atoms with Gasteiger partial charge in [0.25, 0.3) is 0 Å². The molecule has 0 aliphatic carbocycles. The van der Waals surface area contributed by atoms with Crippen LogP contribution in [0.5, 0.6) is 5.75 Å². The van der Waals surface area contributed by atoms with Crippen molar-refractivity contribution in [3.63, 3.8) is 0 Å². The number of amides is 1. The summed E-state index contributed by atoms with van der Waals surface area (Å²) in [7, 11) is 3.46. The minimum atomic E-state index is -0.171. The molecule has 2 heterocycles. The molecule has 3 aromatic rings. The first-order chi connectivity index (χ1) is 14.1. The third kappa shape index (κ3) is 4.17. The third-order valence-corrected chi connectivity index (χ3v) is 5.53. The summed E-state index contributed by atoms with van der Waals surface area (Å²) in [6.45, 7) is 0.490. The number of carbonyl (C=O) groups excluding carboxylic acids is 1. The zero-order chi connectivity index (χ0) is 20.4. The minimum absolute atomic E-state index is 0. The van der Waals surface area contributed by atoms with Gasteiger partial charge in [0.1, 0.15) is 5.75 Å². The van der Waals surface area contributed by atoms with Gasteiger partial charge in [-0.1, -0.05) is 41.6 Å². The Labute approximate surface area is 181 Å². The number of benzene rings is 2. The van der Waals surface area contributed by atoms with Crippen LogP contribution in [0, 0.1) is 0 Å². The number of methoxy groups -OCH3 is 1. The average molecular weight is 429 g/mol. The maximum absolute atomic E-state index is 12.4. The fraction of sp³-hybridized carbons (Fsp3) is 0.318. The summed E-state index contributed by atoms with van der Waals surface area (Å²) in [4.78, 5) is 18.8. The normalized spacial score (nSPS) is 18.8. The van der Waals surface area contributed by atoms with Crippen molar-refractivity contribution in [3.05, 3.63) is 65.5 Å². The Morgan fingerprint density at radius 1 is 1.17 bits per heavy atom. The van der Waals surface area contributed by atoms with Crippen LogP contribution in [-0.4, -0.2) is 35.1 Å². The molecule has 1 aliphatic heterocycles. The smallest absolute Gasteiger partial charge is 0.232 e. The highest BCUT2D eigenvalue weighted by Gasteiger charge is 2.38. The maximum atomic E-state index is 12.4. The zero-order valence-electron chi connectivity index (χ0n) is 16.9. The Balaban J connectivity index is 0.00000256. The topological polar surface area (TPSA) is 94.5 Å². The lowest BCUT2D eigenvalue weighted by Crippen LogP contribution is -2.39. The van der Waals surface area contributed by atoms with Gasteiger partial charge in [-0.25, -0.2) is 0 Å². The Morgan fingerprint density at radius 2 is 1.87 bits per heavy atom. The zero-order valence-corrected chi connectivity index (χ0v) is 17.8. The first kappa shape index (κ1) is 21.8. The summed E-state index contributed by atoms with van der Waals surface area (Å²) in [5.74, 6) is 1.89. The number of nitrogens with two attached hydrogens (primary N) is 1. The number of piperidine rings is 1. The van der Waals surface area contributed by atoms with E-state index in [0.29, 0.717) is 31.1 Å². The van der Waals surface area contributed by atoms with Gasteiger partial charge in [-0.3, -0.25) is 4.79 Å². The Kier molecular flexibility index (Phi) is 6.74. The van der Waals surface area contributed by atoms with E-state index >= 15 is 0 Å². The van der Waals surface area contributed by atoms with Crippen molar-refractivity contribution in [3.8, 4) is 17.1 Å². The average Bonchev–Trinajstić information content (AvgIpc) is 3.26. The molecule has 0 saturated carbocycles. The van der Waals surface area contributed by atoms with Crippen LogP contribution in [-0.2, 0) is 11.3 Å². The van der Waals surface area contributed by atoms with Gasteiger partial charge in [0.2, 0.25) is 17.6 Å². The van der Waals surface area contributed by atoms with E-state index in [1.807, 2.05) is 55.6 Å². The van der Waals surface area contributed by atoms with Gasteiger partial charge in [-0.15, -0.1) is 12.4 Å². The summed E-state index contributed by atoms with van der Waals surface area (Å²) in [5.41, 5.74) is 8.60. The lowest BCUT2D eigenvalue weighted by molar-refractivity contribution is -0.135. The molecule has 8 heteroatoms. The Morgan fingerprint density at radius 3 is 2.50 bits per heavy atom. The number of nitrogens with zero attached hydrogens (tertiary/aromatic N) is 3. The molecule has 4 rings (SSSR count). The van der Waals surface area contributed by atoms with Crippen molar-refractivity contribution in [2.75, 3.05) is 14.2 Å². The van der Waals surface area contributed by atoms with E-state index < -0.39 is 0 Å². The number of likely N-dealkylation sites (tertiary alicyclic amines) is 1.